The molecule has 0 aliphatic heterocycles. The Morgan fingerprint density at radius 3 is 2.33 bits per heavy atom. The van der Waals surface area contributed by atoms with E-state index in [4.69, 9.17) is 4.74 Å². The molecule has 0 fully saturated rings. The molecule has 0 aliphatic carbocycles. The number of rotatable bonds is 8. The Kier molecular flexibility index (Phi) is 6.99. The van der Waals surface area contributed by atoms with Crippen LogP contribution in [0.1, 0.15) is 44.2 Å². The fourth-order valence-corrected chi connectivity index (χ4v) is 2.06. The summed E-state index contributed by atoms with van der Waals surface area (Å²) >= 11 is 0. The van der Waals surface area contributed by atoms with Crippen LogP contribution in [0, 0.1) is 0 Å². The molecule has 0 amide bonds. The zero-order valence-corrected chi connectivity index (χ0v) is 12.2. The normalized spacial score (nSPS) is 12.9. The minimum absolute atomic E-state index is 0.417. The van der Waals surface area contributed by atoms with Crippen molar-refractivity contribution in [1.29, 1.82) is 0 Å². The molecule has 1 aromatic rings. The second kappa shape index (κ2) is 8.28. The van der Waals surface area contributed by atoms with Crippen LogP contribution in [0.3, 0.4) is 0 Å². The number of nitrogens with one attached hydrogen (secondary N) is 1. The molecular formula is C16H27NO. The number of hydrogen-bond donors (Lipinski definition) is 1. The van der Waals surface area contributed by atoms with Gasteiger partial charge in [-0.3, -0.25) is 0 Å². The molecule has 1 atom stereocenters. The Morgan fingerprint density at radius 1 is 1.17 bits per heavy atom. The molecule has 1 rings (SSSR count). The average Bonchev–Trinajstić information content (AvgIpc) is 2.37. The second-order valence-corrected chi connectivity index (χ2v) is 5.21. The highest BCUT2D eigenvalue weighted by Crippen LogP contribution is 2.15. The first-order valence-corrected chi connectivity index (χ1v) is 6.98. The zero-order chi connectivity index (χ0) is 13.4. The van der Waals surface area contributed by atoms with Gasteiger partial charge in [0.1, 0.15) is 0 Å². The lowest BCUT2D eigenvalue weighted by Crippen LogP contribution is -2.35. The van der Waals surface area contributed by atoms with E-state index in [-0.39, 0.29) is 0 Å². The van der Waals surface area contributed by atoms with Crippen molar-refractivity contribution in [3.05, 3.63) is 35.4 Å². The molecule has 0 saturated carbocycles. The van der Waals surface area contributed by atoms with E-state index < -0.39 is 0 Å². The Hall–Kier alpha value is -0.860. The van der Waals surface area contributed by atoms with Crippen molar-refractivity contribution in [2.75, 3.05) is 20.3 Å². The van der Waals surface area contributed by atoms with Crippen molar-refractivity contribution >= 4 is 0 Å². The zero-order valence-electron chi connectivity index (χ0n) is 12.2. The quantitative estimate of drug-likeness (QED) is 0.762. The van der Waals surface area contributed by atoms with Gasteiger partial charge < -0.3 is 10.1 Å². The lowest BCUT2D eigenvalue weighted by Gasteiger charge is -2.18. The van der Waals surface area contributed by atoms with Gasteiger partial charge in [0.2, 0.25) is 0 Å². The third-order valence-electron chi connectivity index (χ3n) is 3.18. The van der Waals surface area contributed by atoms with E-state index in [1.165, 1.54) is 11.1 Å². The van der Waals surface area contributed by atoms with Crippen molar-refractivity contribution in [3.63, 3.8) is 0 Å². The fraction of sp³-hybridized carbons (Fsp3) is 0.625. The van der Waals surface area contributed by atoms with Crippen molar-refractivity contribution in [3.8, 4) is 0 Å². The lowest BCUT2D eigenvalue weighted by atomic mass is 9.99. The van der Waals surface area contributed by atoms with Gasteiger partial charge in [-0.15, -0.1) is 0 Å². The minimum Gasteiger partial charge on any atom is -0.383 e. The summed E-state index contributed by atoms with van der Waals surface area (Å²) in [5.74, 6) is 0.604. The van der Waals surface area contributed by atoms with Crippen molar-refractivity contribution in [2.45, 2.75) is 45.6 Å². The molecule has 2 heteroatoms. The van der Waals surface area contributed by atoms with Gasteiger partial charge in [-0.2, -0.15) is 0 Å². The average molecular weight is 249 g/mol. The Balaban J connectivity index is 2.56. The maximum atomic E-state index is 5.27. The highest BCUT2D eigenvalue weighted by atomic mass is 16.5. The van der Waals surface area contributed by atoms with Gasteiger partial charge in [0.25, 0.3) is 0 Å². The van der Waals surface area contributed by atoms with Gasteiger partial charge >= 0.3 is 0 Å². The van der Waals surface area contributed by atoms with E-state index in [1.54, 1.807) is 7.11 Å². The van der Waals surface area contributed by atoms with Crippen LogP contribution in [0.25, 0.3) is 0 Å². The lowest BCUT2D eigenvalue weighted by molar-refractivity contribution is 0.166. The van der Waals surface area contributed by atoms with Gasteiger partial charge in [-0.1, -0.05) is 45.0 Å². The van der Waals surface area contributed by atoms with Gasteiger partial charge in [0.15, 0.2) is 0 Å². The molecule has 0 saturated heterocycles. The van der Waals surface area contributed by atoms with Crippen LogP contribution < -0.4 is 5.32 Å². The van der Waals surface area contributed by atoms with E-state index in [0.29, 0.717) is 12.0 Å². The number of benzene rings is 1. The Bertz CT molecular complexity index is 318. The summed E-state index contributed by atoms with van der Waals surface area (Å²) in [5, 5.41) is 3.53. The monoisotopic (exact) mass is 249 g/mol. The van der Waals surface area contributed by atoms with Gasteiger partial charge in [-0.05, 0) is 36.4 Å². The van der Waals surface area contributed by atoms with Crippen molar-refractivity contribution in [2.24, 2.45) is 0 Å². The topological polar surface area (TPSA) is 21.3 Å². The third kappa shape index (κ3) is 5.19. The second-order valence-electron chi connectivity index (χ2n) is 5.21. The molecular weight excluding hydrogens is 222 g/mol. The Labute approximate surface area is 112 Å². The summed E-state index contributed by atoms with van der Waals surface area (Å²) in [6, 6.07) is 9.38. The van der Waals surface area contributed by atoms with Gasteiger partial charge in [0.05, 0.1) is 6.61 Å². The van der Waals surface area contributed by atoms with Crippen molar-refractivity contribution in [1.82, 2.24) is 5.32 Å². The van der Waals surface area contributed by atoms with Crippen LogP contribution in [0.15, 0.2) is 24.3 Å². The highest BCUT2D eigenvalue weighted by Gasteiger charge is 2.08. The summed E-state index contributed by atoms with van der Waals surface area (Å²) in [6.07, 6.45) is 2.19. The molecule has 1 unspecified atom stereocenters. The van der Waals surface area contributed by atoms with Crippen LogP contribution in [0.4, 0.5) is 0 Å². The number of methoxy groups -OCH3 is 1. The van der Waals surface area contributed by atoms with E-state index in [9.17, 15) is 0 Å². The summed E-state index contributed by atoms with van der Waals surface area (Å²) in [4.78, 5) is 0. The van der Waals surface area contributed by atoms with Crippen LogP contribution >= 0.6 is 0 Å². The molecule has 102 valence electrons. The van der Waals surface area contributed by atoms with Gasteiger partial charge in [-0.25, -0.2) is 0 Å². The van der Waals surface area contributed by atoms with Crippen molar-refractivity contribution < 1.29 is 4.74 Å². The summed E-state index contributed by atoms with van der Waals surface area (Å²) in [7, 11) is 1.77. The van der Waals surface area contributed by atoms with Gasteiger partial charge in [0, 0.05) is 13.2 Å². The first kappa shape index (κ1) is 15.2. The number of ether oxygens (including phenoxy) is 1. The number of hydrogen-bond acceptors (Lipinski definition) is 2. The maximum absolute atomic E-state index is 5.27. The van der Waals surface area contributed by atoms with Crippen LogP contribution in [-0.4, -0.2) is 26.3 Å². The van der Waals surface area contributed by atoms with E-state index >= 15 is 0 Å². The van der Waals surface area contributed by atoms with Crippen LogP contribution in [0.2, 0.25) is 0 Å². The SMILES string of the molecule is CCCNC(COC)Cc1ccc(C(C)C)cc1. The van der Waals surface area contributed by atoms with Crippen LogP contribution in [-0.2, 0) is 11.2 Å². The Morgan fingerprint density at radius 2 is 1.83 bits per heavy atom. The largest absolute Gasteiger partial charge is 0.383 e. The third-order valence-corrected chi connectivity index (χ3v) is 3.18. The summed E-state index contributed by atoms with van der Waals surface area (Å²) < 4.78 is 5.27. The van der Waals surface area contributed by atoms with Crippen LogP contribution in [0.5, 0.6) is 0 Å². The highest BCUT2D eigenvalue weighted by molar-refractivity contribution is 5.25. The predicted molar refractivity (Wildman–Crippen MR) is 78.2 cm³/mol. The molecule has 2 nitrogen and oxygen atoms in total. The molecule has 18 heavy (non-hydrogen) atoms. The van der Waals surface area contributed by atoms with E-state index in [0.717, 1.165) is 26.0 Å². The predicted octanol–water partition coefficient (Wildman–Crippen LogP) is 3.37. The molecule has 0 aromatic heterocycles. The summed E-state index contributed by atoms with van der Waals surface area (Å²) in [6.45, 7) is 8.47. The van der Waals surface area contributed by atoms with E-state index in [2.05, 4.69) is 50.4 Å². The molecule has 0 bridgehead atoms. The molecule has 1 aromatic carbocycles. The molecule has 0 heterocycles. The fourth-order valence-electron chi connectivity index (χ4n) is 2.06. The standard InChI is InChI=1S/C16H27NO/c1-5-10-17-16(12-18-4)11-14-6-8-15(9-7-14)13(2)3/h6-9,13,16-17H,5,10-12H2,1-4H3. The summed E-state index contributed by atoms with van der Waals surface area (Å²) in [5.41, 5.74) is 2.79. The molecule has 1 N–H and O–H groups in total. The molecule has 0 aliphatic rings. The first-order chi connectivity index (χ1) is 8.67. The minimum atomic E-state index is 0.417. The van der Waals surface area contributed by atoms with E-state index in [1.807, 2.05) is 0 Å². The maximum Gasteiger partial charge on any atom is 0.0619 e. The smallest absolute Gasteiger partial charge is 0.0619 e. The molecule has 0 radical (unpaired) electrons. The molecule has 0 spiro atoms. The first-order valence-electron chi connectivity index (χ1n) is 6.98.